The first-order chi connectivity index (χ1) is 49.2. The van der Waals surface area contributed by atoms with Crippen LogP contribution in [0.25, 0.3) is 21.9 Å². The molecule has 1 fully saturated rings. The number of aliphatic hydroxyl groups is 4. The molecule has 1 aliphatic heterocycles. The lowest BCUT2D eigenvalue weighted by molar-refractivity contribution is -0.277. The first-order valence-electron chi connectivity index (χ1n) is 34.3. The number of rotatable bonds is 58. The van der Waals surface area contributed by atoms with Crippen molar-refractivity contribution in [2.75, 3.05) is 203 Å². The van der Waals surface area contributed by atoms with Gasteiger partial charge in [-0.3, -0.25) is 14.4 Å². The van der Waals surface area contributed by atoms with E-state index in [-0.39, 0.29) is 68.9 Å². The number of carbonyl (C=O) groups excluding carboxylic acids is 5. The van der Waals surface area contributed by atoms with Crippen LogP contribution in [0.2, 0.25) is 0 Å². The molecule has 0 bridgehead atoms. The molecular weight excluding hydrogens is 1330 g/mol. The predicted octanol–water partition coefficient (Wildman–Crippen LogP) is 0.679. The third-order valence-electron chi connectivity index (χ3n) is 15.2. The van der Waals surface area contributed by atoms with Gasteiger partial charge in [-0.25, -0.2) is 19.6 Å². The van der Waals surface area contributed by atoms with Crippen LogP contribution in [0, 0.1) is 0 Å². The van der Waals surface area contributed by atoms with Gasteiger partial charge in [0.2, 0.25) is 24.0 Å². The summed E-state index contributed by atoms with van der Waals surface area (Å²) in [6.45, 7) is 12.0. The fraction of sp³-hybridized carbons (Fsp3) is 0.687. The topological polar surface area (TPSA) is 445 Å². The predicted molar refractivity (Wildman–Crippen MR) is 365 cm³/mol. The maximum Gasteiger partial charge on any atom is 0.407 e. The number of anilines is 2. The van der Waals surface area contributed by atoms with Gasteiger partial charge >= 0.3 is 12.1 Å². The zero-order valence-corrected chi connectivity index (χ0v) is 58.4. The summed E-state index contributed by atoms with van der Waals surface area (Å²) in [4.78, 5) is 73.5. The quantitative estimate of drug-likeness (QED) is 0.0215. The number of hydrogen-bond donors (Lipinski definition) is 10. The lowest BCUT2D eigenvalue weighted by Gasteiger charge is -2.39. The van der Waals surface area contributed by atoms with E-state index < -0.39 is 67.2 Å². The van der Waals surface area contributed by atoms with Gasteiger partial charge in [-0.1, -0.05) is 19.4 Å². The fourth-order valence-electron chi connectivity index (χ4n) is 9.78. The summed E-state index contributed by atoms with van der Waals surface area (Å²) in [6.07, 6.45) is -5.16. The van der Waals surface area contributed by atoms with E-state index in [1.807, 2.05) is 4.57 Å². The number of ether oxygens (including phenoxy) is 16. The molecule has 0 spiro atoms. The van der Waals surface area contributed by atoms with Gasteiger partial charge in [0.15, 0.2) is 5.82 Å². The smallest absolute Gasteiger partial charge is 0.407 e. The van der Waals surface area contributed by atoms with Crippen LogP contribution in [-0.4, -0.2) is 294 Å². The number of benzene rings is 2. The summed E-state index contributed by atoms with van der Waals surface area (Å²) in [5.41, 5.74) is 14.9. The highest BCUT2D eigenvalue weighted by molar-refractivity contribution is 6.08. The highest BCUT2D eigenvalue weighted by atomic mass is 16.7. The number of fused-ring (bicyclic) bond motifs is 3. The molecule has 0 aliphatic carbocycles. The highest BCUT2D eigenvalue weighted by Gasteiger charge is 2.45. The van der Waals surface area contributed by atoms with Gasteiger partial charge in [-0.05, 0) is 61.6 Å². The Morgan fingerprint density at radius 1 is 0.614 bits per heavy atom. The number of alkyl carbamates (subject to hydrolysis) is 1. The number of carbonyl (C=O) groups is 5. The van der Waals surface area contributed by atoms with Crippen molar-refractivity contribution in [3.05, 3.63) is 53.3 Å². The number of aliphatic hydroxyl groups excluding tert-OH is 4. The first-order valence-corrected chi connectivity index (χ1v) is 34.3. The van der Waals surface area contributed by atoms with Crippen LogP contribution in [0.3, 0.4) is 0 Å². The zero-order chi connectivity index (χ0) is 72.7. The van der Waals surface area contributed by atoms with E-state index in [1.54, 1.807) is 25.3 Å². The van der Waals surface area contributed by atoms with Gasteiger partial charge in [0.05, 0.1) is 194 Å². The lowest BCUT2D eigenvalue weighted by atomic mass is 9.99. The van der Waals surface area contributed by atoms with E-state index >= 15 is 0 Å². The summed E-state index contributed by atoms with van der Waals surface area (Å²) >= 11 is 0. The Labute approximate surface area is 588 Å². The van der Waals surface area contributed by atoms with Crippen LogP contribution < -0.4 is 37.5 Å². The number of methoxy groups -OCH3 is 2. The molecule has 4 amide bonds. The van der Waals surface area contributed by atoms with Gasteiger partial charge in [-0.15, -0.1) is 0 Å². The highest BCUT2D eigenvalue weighted by Crippen LogP contribution is 2.33. The molecule has 0 unspecified atom stereocenters. The van der Waals surface area contributed by atoms with E-state index in [0.29, 0.717) is 211 Å². The Kier molecular flexibility index (Phi) is 43.3. The third kappa shape index (κ3) is 33.1. The minimum atomic E-state index is -1.77. The van der Waals surface area contributed by atoms with Crippen molar-refractivity contribution in [2.45, 2.75) is 108 Å². The van der Waals surface area contributed by atoms with Crippen LogP contribution in [0.15, 0.2) is 36.4 Å². The Bertz CT molecular complexity index is 2990. The largest absolute Gasteiger partial charge is 0.465 e. The van der Waals surface area contributed by atoms with Crippen LogP contribution in [-0.2, 0) is 105 Å². The number of esters is 1. The summed E-state index contributed by atoms with van der Waals surface area (Å²) < 4.78 is 89.0. The number of unbranched alkanes of at least 4 members (excludes halogenated alkanes) is 2. The number of aryl methyl sites for hydroxylation is 1. The maximum absolute atomic E-state index is 13.4. The number of amides is 4. The minimum Gasteiger partial charge on any atom is -0.465 e. The van der Waals surface area contributed by atoms with Crippen molar-refractivity contribution < 1.29 is 120 Å². The Hall–Kier alpha value is -6.65. The fourth-order valence-corrected chi connectivity index (χ4v) is 9.78. The minimum absolute atomic E-state index is 0.0231. The van der Waals surface area contributed by atoms with Crippen LogP contribution >= 0.6 is 0 Å². The summed E-state index contributed by atoms with van der Waals surface area (Å²) in [6, 6.07) is 8.45. The summed E-state index contributed by atoms with van der Waals surface area (Å²) in [5, 5.41) is 52.9. The number of nitrogens with two attached hydrogens (primary N) is 2. The molecular formula is C67H107N9O25. The summed E-state index contributed by atoms with van der Waals surface area (Å²) in [7, 11) is 2.92. The van der Waals surface area contributed by atoms with Gasteiger partial charge in [0.1, 0.15) is 48.1 Å². The third-order valence-corrected chi connectivity index (χ3v) is 15.2. The molecule has 12 N–H and O–H groups in total. The zero-order valence-electron chi connectivity index (χ0n) is 58.4. The van der Waals surface area contributed by atoms with Crippen LogP contribution in [0.5, 0.6) is 5.75 Å². The monoisotopic (exact) mass is 1440 g/mol. The average Bonchev–Trinajstić information content (AvgIpc) is 1.63. The normalized spacial score (nSPS) is 16.3. The molecule has 2 aromatic heterocycles. The van der Waals surface area contributed by atoms with Gasteiger partial charge in [0.25, 0.3) is 0 Å². The Morgan fingerprint density at radius 2 is 1.18 bits per heavy atom. The first kappa shape index (κ1) is 85.0. The molecule has 0 radical (unpaired) electrons. The van der Waals surface area contributed by atoms with E-state index in [9.17, 15) is 44.4 Å². The summed E-state index contributed by atoms with van der Waals surface area (Å²) in [5.74, 6) is -0.948. The van der Waals surface area contributed by atoms with E-state index in [4.69, 9.17) is 92.2 Å². The Balaban J connectivity index is 0.874. The standard InChI is InChI=1S/C67H107N9O25/c1-4-5-9-55-75-58-59(49-12-11-48(65(84)87-3)44-51(49)74-63(58)69)76(55)19-18-72-67(85)99-46-47-10-13-53(100-66-62(82)61(81)60(80)54(45-77)101-66)52(43-47)73-57(79)14-17-71-64(83)50(68)8-6-7-16-70-56(78)15-20-88-23-24-90-27-28-92-31-32-94-35-36-96-39-40-98-42-41-97-38-37-95-34-33-93-30-29-91-26-25-89-22-21-86-2/h10-13,43-44,50,54,60-62,66,77,80-82H,4-9,14-42,45-46,68H2,1-3H3,(H2,69,74)(H,70,78)(H,71,83)(H,72,85)(H,73,79)/t50-,54+,60+,61-,62-,66-/m0/s1. The maximum atomic E-state index is 13.4. The van der Waals surface area contributed by atoms with Crippen molar-refractivity contribution in [3.63, 3.8) is 0 Å². The van der Waals surface area contributed by atoms with Crippen LogP contribution in [0.1, 0.15) is 73.6 Å². The van der Waals surface area contributed by atoms with Crippen molar-refractivity contribution in [3.8, 4) is 5.75 Å². The van der Waals surface area contributed by atoms with Gasteiger partial charge < -0.3 is 134 Å². The molecule has 0 saturated carbocycles. The molecule has 6 atom stereocenters. The van der Waals surface area contributed by atoms with Crippen molar-refractivity contribution >= 4 is 63.2 Å². The number of nitrogens with zero attached hydrogens (tertiary/aromatic N) is 3. The number of aromatic nitrogens is 3. The second kappa shape index (κ2) is 51.5. The molecule has 101 heavy (non-hydrogen) atoms. The molecule has 34 heteroatoms. The number of hydrogen-bond acceptors (Lipinski definition) is 29. The van der Waals surface area contributed by atoms with E-state index in [1.165, 1.54) is 25.3 Å². The average molecular weight is 1440 g/mol. The molecule has 1 saturated heterocycles. The van der Waals surface area contributed by atoms with Crippen molar-refractivity contribution in [2.24, 2.45) is 5.73 Å². The van der Waals surface area contributed by atoms with Crippen molar-refractivity contribution in [1.29, 1.82) is 0 Å². The molecule has 4 aromatic rings. The number of nitrogens with one attached hydrogen (secondary N) is 4. The van der Waals surface area contributed by atoms with E-state index in [0.717, 1.165) is 18.7 Å². The number of pyridine rings is 1. The van der Waals surface area contributed by atoms with Crippen molar-refractivity contribution in [1.82, 2.24) is 30.5 Å². The number of imidazole rings is 1. The molecule has 5 rings (SSSR count). The van der Waals surface area contributed by atoms with Crippen LogP contribution in [0.4, 0.5) is 16.3 Å². The lowest BCUT2D eigenvalue weighted by Crippen LogP contribution is -2.60. The van der Waals surface area contributed by atoms with Gasteiger partial charge in [0, 0.05) is 57.9 Å². The van der Waals surface area contributed by atoms with Gasteiger partial charge in [-0.2, -0.15) is 0 Å². The van der Waals surface area contributed by atoms with E-state index in [2.05, 4.69) is 33.2 Å². The molecule has 34 nitrogen and oxygen atoms in total. The molecule has 3 heterocycles. The SMILES string of the molecule is CCCCc1nc2c(N)nc3cc(C(=O)OC)ccc3c2n1CCNC(=O)OCc1ccc(O[C@H]2O[C@H](CO)[C@@H](O)[C@H](O)[C@@H]2O)c(NC(=O)CCNC(=O)[C@@H](N)CCCCNC(=O)CCOCCOCCOCCOCCOCCOCCOCCOCCOCCOCCOCCOC)c1. The number of nitrogen functional groups attached to an aromatic ring is 1. The second-order valence-electron chi connectivity index (χ2n) is 22.9. The molecule has 2 aromatic carbocycles. The Morgan fingerprint density at radius 3 is 1.72 bits per heavy atom. The second-order valence-corrected chi connectivity index (χ2v) is 22.9. The molecule has 1 aliphatic rings. The molecule has 570 valence electrons.